The molecule has 1 N–H and O–H groups in total. The van der Waals surface area contributed by atoms with Gasteiger partial charge in [-0.2, -0.15) is 0 Å². The highest BCUT2D eigenvalue weighted by Gasteiger charge is 2.30. The molecule has 0 fully saturated rings. The number of ether oxygens (including phenoxy) is 1. The summed E-state index contributed by atoms with van der Waals surface area (Å²) in [4.78, 5) is 14.3. The lowest BCUT2D eigenvalue weighted by Crippen LogP contribution is -2.16. The molecule has 0 aliphatic carbocycles. The SMILES string of the molecule is Cc1nc(Nc2ccc(OC(F)(F)F)cc2)cc(-c2cncc(-c3cccs3)c2)n1. The molecule has 0 unspecified atom stereocenters. The van der Waals surface area contributed by atoms with Crippen molar-refractivity contribution >= 4 is 22.8 Å². The highest BCUT2D eigenvalue weighted by Crippen LogP contribution is 2.29. The zero-order chi connectivity index (χ0) is 21.1. The molecule has 0 bridgehead atoms. The van der Waals surface area contributed by atoms with Crippen LogP contribution in [-0.2, 0) is 0 Å². The van der Waals surface area contributed by atoms with Crippen LogP contribution in [0.25, 0.3) is 21.7 Å². The van der Waals surface area contributed by atoms with E-state index in [0.717, 1.165) is 16.0 Å². The molecular weight excluding hydrogens is 413 g/mol. The van der Waals surface area contributed by atoms with Gasteiger partial charge in [-0.3, -0.25) is 4.98 Å². The first-order valence-corrected chi connectivity index (χ1v) is 9.71. The number of benzene rings is 1. The van der Waals surface area contributed by atoms with Crippen molar-refractivity contribution in [3.8, 4) is 27.4 Å². The third-order valence-electron chi connectivity index (χ3n) is 4.04. The van der Waals surface area contributed by atoms with E-state index in [1.54, 1.807) is 36.7 Å². The maximum absolute atomic E-state index is 12.3. The number of thiophene rings is 1. The van der Waals surface area contributed by atoms with Crippen molar-refractivity contribution in [2.75, 3.05) is 5.32 Å². The number of anilines is 2. The molecule has 4 aromatic rings. The van der Waals surface area contributed by atoms with Crippen LogP contribution in [0.5, 0.6) is 5.75 Å². The number of hydrogen-bond donors (Lipinski definition) is 1. The van der Waals surface area contributed by atoms with Gasteiger partial charge in [-0.25, -0.2) is 9.97 Å². The van der Waals surface area contributed by atoms with Gasteiger partial charge in [-0.15, -0.1) is 24.5 Å². The second-order valence-corrected chi connectivity index (χ2v) is 7.27. The fourth-order valence-corrected chi connectivity index (χ4v) is 3.53. The summed E-state index contributed by atoms with van der Waals surface area (Å²) in [6, 6.07) is 13.2. The van der Waals surface area contributed by atoms with Crippen molar-refractivity contribution in [1.29, 1.82) is 0 Å². The fraction of sp³-hybridized carbons (Fsp3) is 0.0952. The summed E-state index contributed by atoms with van der Waals surface area (Å²) < 4.78 is 40.8. The van der Waals surface area contributed by atoms with Gasteiger partial charge in [0, 0.05) is 40.2 Å². The van der Waals surface area contributed by atoms with Crippen LogP contribution >= 0.6 is 11.3 Å². The van der Waals surface area contributed by atoms with Crippen LogP contribution in [0, 0.1) is 6.92 Å². The molecule has 0 aliphatic rings. The van der Waals surface area contributed by atoms with Gasteiger partial charge in [-0.1, -0.05) is 6.07 Å². The van der Waals surface area contributed by atoms with Crippen LogP contribution in [0.2, 0.25) is 0 Å². The number of rotatable bonds is 5. The van der Waals surface area contributed by atoms with Gasteiger partial charge in [0.1, 0.15) is 17.4 Å². The van der Waals surface area contributed by atoms with E-state index in [4.69, 9.17) is 0 Å². The Morgan fingerprint density at radius 2 is 1.73 bits per heavy atom. The van der Waals surface area contributed by atoms with E-state index in [9.17, 15) is 13.2 Å². The Bertz CT molecular complexity index is 1150. The Labute approximate surface area is 174 Å². The molecule has 3 heterocycles. The van der Waals surface area contributed by atoms with Crippen molar-refractivity contribution in [3.05, 3.63) is 72.1 Å². The fourth-order valence-electron chi connectivity index (χ4n) is 2.83. The Balaban J connectivity index is 1.58. The van der Waals surface area contributed by atoms with E-state index in [1.807, 2.05) is 23.6 Å². The largest absolute Gasteiger partial charge is 0.573 e. The lowest BCUT2D eigenvalue weighted by Gasteiger charge is -2.11. The molecule has 9 heteroatoms. The molecule has 0 atom stereocenters. The molecule has 5 nitrogen and oxygen atoms in total. The monoisotopic (exact) mass is 428 g/mol. The molecule has 0 aliphatic heterocycles. The van der Waals surface area contributed by atoms with Crippen molar-refractivity contribution in [2.24, 2.45) is 0 Å². The smallest absolute Gasteiger partial charge is 0.406 e. The summed E-state index contributed by atoms with van der Waals surface area (Å²) in [5, 5.41) is 5.08. The molecule has 0 spiro atoms. The third kappa shape index (κ3) is 4.93. The minimum Gasteiger partial charge on any atom is -0.406 e. The second kappa shape index (κ2) is 8.11. The van der Waals surface area contributed by atoms with Gasteiger partial charge < -0.3 is 10.1 Å². The first kappa shape index (κ1) is 19.8. The standard InChI is InChI=1S/C21H15F3N4OS/c1-13-26-18(14-9-15(12-25-11-14)19-3-2-8-30-19)10-20(27-13)28-16-4-6-17(7-5-16)29-21(22,23)24/h2-12H,1H3,(H,26,27,28). The summed E-state index contributed by atoms with van der Waals surface area (Å²) in [7, 11) is 0. The lowest BCUT2D eigenvalue weighted by atomic mass is 10.1. The summed E-state index contributed by atoms with van der Waals surface area (Å²) in [5.74, 6) is 0.779. The molecule has 0 saturated carbocycles. The molecule has 1 aromatic carbocycles. The van der Waals surface area contributed by atoms with Gasteiger partial charge in [0.05, 0.1) is 5.69 Å². The minimum atomic E-state index is -4.72. The predicted octanol–water partition coefficient (Wildman–Crippen LogP) is 6.22. The summed E-state index contributed by atoms with van der Waals surface area (Å²) in [5.41, 5.74) is 3.09. The first-order valence-electron chi connectivity index (χ1n) is 8.83. The van der Waals surface area contributed by atoms with E-state index < -0.39 is 6.36 Å². The number of alkyl halides is 3. The molecule has 152 valence electrons. The Morgan fingerprint density at radius 3 is 2.43 bits per heavy atom. The van der Waals surface area contributed by atoms with Gasteiger partial charge in [0.15, 0.2) is 0 Å². The molecule has 0 saturated heterocycles. The Kier molecular flexibility index (Phi) is 5.37. The summed E-state index contributed by atoms with van der Waals surface area (Å²) in [6.07, 6.45) is -1.20. The average molecular weight is 428 g/mol. The van der Waals surface area contributed by atoms with Crippen molar-refractivity contribution in [3.63, 3.8) is 0 Å². The van der Waals surface area contributed by atoms with Crippen LogP contribution in [0.3, 0.4) is 0 Å². The van der Waals surface area contributed by atoms with Crippen molar-refractivity contribution < 1.29 is 17.9 Å². The van der Waals surface area contributed by atoms with E-state index in [1.165, 1.54) is 24.3 Å². The normalized spacial score (nSPS) is 11.3. The highest BCUT2D eigenvalue weighted by molar-refractivity contribution is 7.13. The lowest BCUT2D eigenvalue weighted by molar-refractivity contribution is -0.274. The Morgan fingerprint density at radius 1 is 0.967 bits per heavy atom. The molecule has 4 rings (SSSR count). The number of nitrogens with zero attached hydrogens (tertiary/aromatic N) is 3. The third-order valence-corrected chi connectivity index (χ3v) is 4.96. The predicted molar refractivity (Wildman–Crippen MR) is 110 cm³/mol. The van der Waals surface area contributed by atoms with E-state index in [-0.39, 0.29) is 5.75 Å². The van der Waals surface area contributed by atoms with E-state index in [2.05, 4.69) is 25.0 Å². The number of pyridine rings is 1. The van der Waals surface area contributed by atoms with Crippen LogP contribution in [0.1, 0.15) is 5.82 Å². The second-order valence-electron chi connectivity index (χ2n) is 6.32. The topological polar surface area (TPSA) is 59.9 Å². The molecule has 30 heavy (non-hydrogen) atoms. The Hall–Kier alpha value is -3.46. The average Bonchev–Trinajstić information content (AvgIpc) is 3.23. The number of aromatic nitrogens is 3. The molecular formula is C21H15F3N4OS. The summed E-state index contributed by atoms with van der Waals surface area (Å²) in [6.45, 7) is 1.77. The number of nitrogens with one attached hydrogen (secondary N) is 1. The van der Waals surface area contributed by atoms with Gasteiger partial charge in [0.2, 0.25) is 0 Å². The van der Waals surface area contributed by atoms with E-state index >= 15 is 0 Å². The molecule has 0 radical (unpaired) electrons. The maximum atomic E-state index is 12.3. The minimum absolute atomic E-state index is 0.288. The number of halogens is 3. The quantitative estimate of drug-likeness (QED) is 0.409. The van der Waals surface area contributed by atoms with Crippen LogP contribution in [0.15, 0.2) is 66.3 Å². The van der Waals surface area contributed by atoms with Crippen LogP contribution < -0.4 is 10.1 Å². The van der Waals surface area contributed by atoms with Crippen molar-refractivity contribution in [2.45, 2.75) is 13.3 Å². The first-order chi connectivity index (χ1) is 14.4. The number of aryl methyl sites for hydroxylation is 1. The number of hydrogen-bond acceptors (Lipinski definition) is 6. The highest BCUT2D eigenvalue weighted by atomic mass is 32.1. The molecule has 3 aromatic heterocycles. The van der Waals surface area contributed by atoms with E-state index in [0.29, 0.717) is 23.0 Å². The zero-order valence-corrected chi connectivity index (χ0v) is 16.5. The maximum Gasteiger partial charge on any atom is 0.573 e. The molecule has 0 amide bonds. The van der Waals surface area contributed by atoms with Gasteiger partial charge in [-0.05, 0) is 48.7 Å². The van der Waals surface area contributed by atoms with Gasteiger partial charge >= 0.3 is 6.36 Å². The van der Waals surface area contributed by atoms with Crippen molar-refractivity contribution in [1.82, 2.24) is 15.0 Å². The van der Waals surface area contributed by atoms with Crippen LogP contribution in [-0.4, -0.2) is 21.3 Å². The summed E-state index contributed by atoms with van der Waals surface area (Å²) >= 11 is 1.63. The van der Waals surface area contributed by atoms with Gasteiger partial charge in [0.25, 0.3) is 0 Å². The van der Waals surface area contributed by atoms with Crippen LogP contribution in [0.4, 0.5) is 24.7 Å². The zero-order valence-electron chi connectivity index (χ0n) is 15.6.